The van der Waals surface area contributed by atoms with Gasteiger partial charge in [0.05, 0.1) is 13.2 Å². The Labute approximate surface area is 113 Å². The maximum atomic E-state index is 5.47. The van der Waals surface area contributed by atoms with Crippen LogP contribution in [0.25, 0.3) is 0 Å². The molecule has 1 aromatic rings. The van der Waals surface area contributed by atoms with E-state index in [9.17, 15) is 0 Å². The van der Waals surface area contributed by atoms with Crippen molar-refractivity contribution < 1.29 is 9.26 Å². The van der Waals surface area contributed by atoms with Crippen molar-refractivity contribution in [1.29, 1.82) is 0 Å². The fourth-order valence-corrected chi connectivity index (χ4v) is 2.85. The SMILES string of the molecule is C1CC(CN(Cc2nc(C3CC3)no2)C2CC2)CO1. The van der Waals surface area contributed by atoms with E-state index in [4.69, 9.17) is 9.26 Å². The molecule has 19 heavy (non-hydrogen) atoms. The van der Waals surface area contributed by atoms with Gasteiger partial charge in [-0.05, 0) is 38.0 Å². The molecule has 2 saturated carbocycles. The number of hydrogen-bond acceptors (Lipinski definition) is 5. The highest BCUT2D eigenvalue weighted by Gasteiger charge is 2.34. The van der Waals surface area contributed by atoms with Crippen LogP contribution >= 0.6 is 0 Å². The van der Waals surface area contributed by atoms with Crippen LogP contribution in [0.4, 0.5) is 0 Å². The lowest BCUT2D eigenvalue weighted by Crippen LogP contribution is -2.31. The molecule has 1 unspecified atom stereocenters. The third-order valence-corrected chi connectivity index (χ3v) is 4.34. The van der Waals surface area contributed by atoms with Crippen LogP contribution in [0.2, 0.25) is 0 Å². The van der Waals surface area contributed by atoms with E-state index in [2.05, 4.69) is 15.0 Å². The molecule has 0 radical (unpaired) electrons. The Bertz CT molecular complexity index is 434. The van der Waals surface area contributed by atoms with Gasteiger partial charge in [-0.1, -0.05) is 5.16 Å². The highest BCUT2D eigenvalue weighted by molar-refractivity contribution is 5.03. The number of aromatic nitrogens is 2. The van der Waals surface area contributed by atoms with Crippen LogP contribution in [-0.4, -0.2) is 40.8 Å². The van der Waals surface area contributed by atoms with E-state index in [0.717, 1.165) is 44.1 Å². The summed E-state index contributed by atoms with van der Waals surface area (Å²) in [5.74, 6) is 2.99. The van der Waals surface area contributed by atoms with E-state index in [1.165, 1.54) is 32.1 Å². The average Bonchev–Trinajstić information content (AvgIpc) is 3.34. The fraction of sp³-hybridized carbons (Fsp3) is 0.857. The first kappa shape index (κ1) is 11.9. The Morgan fingerprint density at radius 1 is 1.16 bits per heavy atom. The Morgan fingerprint density at radius 2 is 2.05 bits per heavy atom. The summed E-state index contributed by atoms with van der Waals surface area (Å²) in [6, 6.07) is 0.733. The molecule has 104 valence electrons. The van der Waals surface area contributed by atoms with E-state index >= 15 is 0 Å². The van der Waals surface area contributed by atoms with Crippen LogP contribution in [0.5, 0.6) is 0 Å². The monoisotopic (exact) mass is 263 g/mol. The summed E-state index contributed by atoms with van der Waals surface area (Å²) in [4.78, 5) is 7.06. The lowest BCUT2D eigenvalue weighted by atomic mass is 10.1. The van der Waals surface area contributed by atoms with Crippen LogP contribution in [0.3, 0.4) is 0 Å². The highest BCUT2D eigenvalue weighted by atomic mass is 16.5. The van der Waals surface area contributed by atoms with E-state index in [0.29, 0.717) is 11.8 Å². The largest absolute Gasteiger partial charge is 0.381 e. The molecule has 1 aliphatic heterocycles. The predicted octanol–water partition coefficient (Wildman–Crippen LogP) is 1.95. The molecule has 0 amide bonds. The van der Waals surface area contributed by atoms with Gasteiger partial charge < -0.3 is 9.26 Å². The Balaban J connectivity index is 1.38. The van der Waals surface area contributed by atoms with E-state index in [-0.39, 0.29) is 0 Å². The first-order valence-corrected chi connectivity index (χ1v) is 7.53. The third kappa shape index (κ3) is 2.82. The van der Waals surface area contributed by atoms with Gasteiger partial charge in [0, 0.05) is 25.1 Å². The number of rotatable bonds is 6. The molecule has 2 aliphatic carbocycles. The molecule has 0 bridgehead atoms. The van der Waals surface area contributed by atoms with Crippen LogP contribution < -0.4 is 0 Å². The molecule has 5 heteroatoms. The maximum absolute atomic E-state index is 5.47. The molecule has 2 heterocycles. The summed E-state index contributed by atoms with van der Waals surface area (Å²) in [6.45, 7) is 3.78. The minimum atomic E-state index is 0.579. The molecule has 0 N–H and O–H groups in total. The lowest BCUT2D eigenvalue weighted by molar-refractivity contribution is 0.153. The van der Waals surface area contributed by atoms with Gasteiger partial charge in [-0.2, -0.15) is 4.98 Å². The van der Waals surface area contributed by atoms with Crippen molar-refractivity contribution in [1.82, 2.24) is 15.0 Å². The Kier molecular flexibility index (Phi) is 3.04. The second-order valence-corrected chi connectivity index (χ2v) is 6.21. The van der Waals surface area contributed by atoms with Gasteiger partial charge in [-0.3, -0.25) is 4.90 Å². The average molecular weight is 263 g/mol. The van der Waals surface area contributed by atoms with Gasteiger partial charge in [0.15, 0.2) is 5.82 Å². The van der Waals surface area contributed by atoms with Crippen LogP contribution in [0.1, 0.15) is 49.7 Å². The molecule has 3 fully saturated rings. The van der Waals surface area contributed by atoms with E-state index in [1.807, 2.05) is 0 Å². The van der Waals surface area contributed by atoms with Gasteiger partial charge in [-0.15, -0.1) is 0 Å². The normalized spacial score (nSPS) is 27.3. The van der Waals surface area contributed by atoms with Crippen molar-refractivity contribution in [3.63, 3.8) is 0 Å². The van der Waals surface area contributed by atoms with Crippen LogP contribution in [0.15, 0.2) is 4.52 Å². The lowest BCUT2D eigenvalue weighted by Gasteiger charge is -2.22. The molecule has 1 atom stereocenters. The smallest absolute Gasteiger partial charge is 0.240 e. The summed E-state index contributed by atoms with van der Waals surface area (Å²) >= 11 is 0. The minimum absolute atomic E-state index is 0.579. The number of hydrogen-bond donors (Lipinski definition) is 0. The molecular weight excluding hydrogens is 242 g/mol. The Morgan fingerprint density at radius 3 is 2.74 bits per heavy atom. The van der Waals surface area contributed by atoms with Gasteiger partial charge in [0.25, 0.3) is 0 Å². The zero-order chi connectivity index (χ0) is 12.7. The van der Waals surface area contributed by atoms with Crippen molar-refractivity contribution in [2.24, 2.45) is 5.92 Å². The zero-order valence-corrected chi connectivity index (χ0v) is 11.3. The van der Waals surface area contributed by atoms with Crippen LogP contribution in [-0.2, 0) is 11.3 Å². The van der Waals surface area contributed by atoms with E-state index in [1.54, 1.807) is 0 Å². The Hall–Kier alpha value is -0.940. The number of ether oxygens (including phenoxy) is 1. The predicted molar refractivity (Wildman–Crippen MR) is 68.6 cm³/mol. The maximum Gasteiger partial charge on any atom is 0.240 e. The second kappa shape index (κ2) is 4.87. The quantitative estimate of drug-likeness (QED) is 0.785. The summed E-state index contributed by atoms with van der Waals surface area (Å²) in [7, 11) is 0. The second-order valence-electron chi connectivity index (χ2n) is 6.21. The molecule has 1 aromatic heterocycles. The number of nitrogens with zero attached hydrogens (tertiary/aromatic N) is 3. The molecule has 5 nitrogen and oxygen atoms in total. The van der Waals surface area contributed by atoms with Crippen molar-refractivity contribution in [3.8, 4) is 0 Å². The van der Waals surface area contributed by atoms with Crippen LogP contribution in [0, 0.1) is 5.92 Å². The van der Waals surface area contributed by atoms with Crippen molar-refractivity contribution in [2.75, 3.05) is 19.8 Å². The van der Waals surface area contributed by atoms with Crippen molar-refractivity contribution >= 4 is 0 Å². The standard InChI is InChI=1S/C14H21N3O2/c1-2-11(1)14-15-13(19-16-14)8-17(12-3-4-12)7-10-5-6-18-9-10/h10-12H,1-9H2. The first-order valence-electron chi connectivity index (χ1n) is 7.53. The molecule has 3 aliphatic rings. The topological polar surface area (TPSA) is 51.4 Å². The minimum Gasteiger partial charge on any atom is -0.381 e. The van der Waals surface area contributed by atoms with Crippen molar-refractivity contribution in [2.45, 2.75) is 50.6 Å². The van der Waals surface area contributed by atoms with Gasteiger partial charge in [-0.25, -0.2) is 0 Å². The summed E-state index contributed by atoms with van der Waals surface area (Å²) < 4.78 is 10.9. The van der Waals surface area contributed by atoms with E-state index < -0.39 is 0 Å². The summed E-state index contributed by atoms with van der Waals surface area (Å²) in [6.07, 6.45) is 6.28. The molecule has 1 saturated heterocycles. The fourth-order valence-electron chi connectivity index (χ4n) is 2.85. The summed E-state index contributed by atoms with van der Waals surface area (Å²) in [5.41, 5.74) is 0. The van der Waals surface area contributed by atoms with Crippen molar-refractivity contribution in [3.05, 3.63) is 11.7 Å². The molecular formula is C14H21N3O2. The van der Waals surface area contributed by atoms with Gasteiger partial charge >= 0.3 is 0 Å². The zero-order valence-electron chi connectivity index (χ0n) is 11.3. The molecule has 4 rings (SSSR count). The molecule has 0 spiro atoms. The summed E-state index contributed by atoms with van der Waals surface area (Å²) in [5, 5.41) is 4.11. The highest BCUT2D eigenvalue weighted by Crippen LogP contribution is 2.38. The van der Waals surface area contributed by atoms with Gasteiger partial charge in [0.1, 0.15) is 0 Å². The first-order chi connectivity index (χ1) is 9.38. The molecule has 0 aromatic carbocycles. The van der Waals surface area contributed by atoms with Gasteiger partial charge in [0.2, 0.25) is 5.89 Å². The third-order valence-electron chi connectivity index (χ3n) is 4.34.